The SMILES string of the molecule is COc1nc(C)nc2c1CC[C@H]1[C@H](C)c3oncc3C[C@]21C.[3H]C.[C-]#[N+]C1=C[C@]2(C)c3nc(C)nc(OC)c3CC[C@H]2[C@H](C)C1=O.[C-]#[N+]C1C[C@]2(C)c3nc(C)nc(OC)c3CC[C@H]2[C@H](C)C1=O. The quantitative estimate of drug-likeness (QED) is 0.179. The number of ketones is 2. The molecule has 0 aromatic carbocycles. The van der Waals surface area contributed by atoms with E-state index in [9.17, 15) is 9.59 Å². The number of aromatic nitrogens is 7. The molecule has 0 N–H and O–H groups in total. The predicted molar refractivity (Wildman–Crippen MR) is 251 cm³/mol. The summed E-state index contributed by atoms with van der Waals surface area (Å²) in [6, 6.07) is -0.552. The van der Waals surface area contributed by atoms with Crippen molar-refractivity contribution in [1.29, 1.82) is 0 Å². The van der Waals surface area contributed by atoms with E-state index < -0.39 is 11.5 Å². The van der Waals surface area contributed by atoms with Crippen molar-refractivity contribution >= 4 is 11.6 Å². The highest BCUT2D eigenvalue weighted by molar-refractivity contribution is 6.00. The van der Waals surface area contributed by atoms with Crippen LogP contribution >= 0.6 is 0 Å². The van der Waals surface area contributed by atoms with E-state index in [1.165, 1.54) is 18.5 Å². The summed E-state index contributed by atoms with van der Waals surface area (Å²) >= 11 is 0. The molecule has 354 valence electrons. The lowest BCUT2D eigenvalue weighted by Gasteiger charge is -2.47. The fourth-order valence-electron chi connectivity index (χ4n) is 13.0. The van der Waals surface area contributed by atoms with Gasteiger partial charge in [0.2, 0.25) is 29.1 Å². The van der Waals surface area contributed by atoms with Crippen LogP contribution in [0, 0.1) is 63.5 Å². The molecular formula is C52H65N9O6. The first-order valence-corrected chi connectivity index (χ1v) is 23.1. The van der Waals surface area contributed by atoms with Crippen LogP contribution in [0.25, 0.3) is 9.69 Å². The molecular weight excluding hydrogens is 847 g/mol. The van der Waals surface area contributed by atoms with Crippen molar-refractivity contribution in [3.05, 3.63) is 103 Å². The highest BCUT2D eigenvalue weighted by Gasteiger charge is 2.56. The highest BCUT2D eigenvalue weighted by Crippen LogP contribution is 2.55. The van der Waals surface area contributed by atoms with Crippen LogP contribution < -0.4 is 14.2 Å². The van der Waals surface area contributed by atoms with Crippen molar-refractivity contribution in [3.63, 3.8) is 0 Å². The monoisotopic (exact) mass is 914 g/mol. The maximum atomic E-state index is 12.4. The fraction of sp³-hybridized carbons (Fsp3) is 0.596. The number of nitrogens with zero attached hydrogens (tertiary/aromatic N) is 9. The van der Waals surface area contributed by atoms with Crippen molar-refractivity contribution in [2.24, 2.45) is 29.6 Å². The van der Waals surface area contributed by atoms with Gasteiger partial charge in [0.1, 0.15) is 23.2 Å². The van der Waals surface area contributed by atoms with Gasteiger partial charge in [-0.05, 0) is 83.5 Å². The number of carbonyl (C=O) groups is 2. The number of fused-ring (bicyclic) bond motifs is 10. The Bertz CT molecular complexity index is 2740. The fourth-order valence-corrected chi connectivity index (χ4v) is 13.0. The molecule has 10 atom stereocenters. The average molecular weight is 914 g/mol. The van der Waals surface area contributed by atoms with Gasteiger partial charge < -0.3 is 28.4 Å². The lowest BCUT2D eigenvalue weighted by atomic mass is 9.55. The van der Waals surface area contributed by atoms with Gasteiger partial charge in [-0.3, -0.25) is 4.79 Å². The van der Waals surface area contributed by atoms with Gasteiger partial charge in [-0.1, -0.05) is 60.2 Å². The van der Waals surface area contributed by atoms with Gasteiger partial charge in [-0.15, -0.1) is 0 Å². The molecule has 10 rings (SSSR count). The van der Waals surface area contributed by atoms with E-state index >= 15 is 0 Å². The van der Waals surface area contributed by atoms with Crippen LogP contribution in [-0.4, -0.2) is 74.0 Å². The van der Waals surface area contributed by atoms with Crippen LogP contribution in [0.15, 0.2) is 22.5 Å². The lowest BCUT2D eigenvalue weighted by molar-refractivity contribution is -0.129. The van der Waals surface area contributed by atoms with Gasteiger partial charge in [-0.2, -0.15) is 15.0 Å². The van der Waals surface area contributed by atoms with Crippen LogP contribution in [0.1, 0.15) is 144 Å². The maximum Gasteiger partial charge on any atom is 0.282 e. The minimum Gasteiger partial charge on any atom is -0.481 e. The van der Waals surface area contributed by atoms with Gasteiger partial charge in [0.15, 0.2) is 5.78 Å². The van der Waals surface area contributed by atoms with Gasteiger partial charge >= 0.3 is 0 Å². The van der Waals surface area contributed by atoms with Crippen LogP contribution in [0.3, 0.4) is 0 Å². The Balaban J connectivity index is 0.000000148. The van der Waals surface area contributed by atoms with Gasteiger partial charge in [0.25, 0.3) is 6.04 Å². The van der Waals surface area contributed by atoms with Crippen LogP contribution in [-0.2, 0) is 51.5 Å². The summed E-state index contributed by atoms with van der Waals surface area (Å²) in [6.07, 6.45) is 10.7. The van der Waals surface area contributed by atoms with Crippen LogP contribution in [0.5, 0.6) is 17.6 Å². The number of allylic oxidation sites excluding steroid dienone is 2. The molecule has 6 aliphatic carbocycles. The van der Waals surface area contributed by atoms with E-state index in [4.69, 9.17) is 43.2 Å². The molecule has 0 saturated heterocycles. The molecule has 0 radical (unpaired) electrons. The summed E-state index contributed by atoms with van der Waals surface area (Å²) in [5, 5.41) is 4.02. The number of aryl methyl sites for hydroxylation is 3. The van der Waals surface area contributed by atoms with Gasteiger partial charge in [-0.25, -0.2) is 26.4 Å². The Hall–Kier alpha value is -6.09. The summed E-state index contributed by atoms with van der Waals surface area (Å²) in [5.74, 6) is 6.26. The van der Waals surface area contributed by atoms with Crippen molar-refractivity contribution in [2.75, 3.05) is 21.3 Å². The second-order valence-electron chi connectivity index (χ2n) is 19.9. The first kappa shape index (κ1) is 47.4. The third kappa shape index (κ3) is 7.86. The summed E-state index contributed by atoms with van der Waals surface area (Å²) in [6.45, 7) is 33.0. The summed E-state index contributed by atoms with van der Waals surface area (Å²) in [7, 11) is 6.19. The minimum atomic E-state index is -0.552. The number of methoxy groups -OCH3 is 3. The Morgan fingerprint density at radius 3 is 1.69 bits per heavy atom. The highest BCUT2D eigenvalue weighted by atomic mass is 16.5. The third-order valence-corrected chi connectivity index (χ3v) is 16.2. The Morgan fingerprint density at radius 1 is 0.701 bits per heavy atom. The van der Waals surface area contributed by atoms with Gasteiger partial charge in [0.05, 0.1) is 51.2 Å². The number of hydrogen-bond donors (Lipinski definition) is 0. The Morgan fingerprint density at radius 2 is 1.18 bits per heavy atom. The van der Waals surface area contributed by atoms with E-state index in [1.54, 1.807) is 21.3 Å². The normalized spacial score (nSPS) is 30.6. The van der Waals surface area contributed by atoms with Crippen molar-refractivity contribution in [1.82, 2.24) is 35.1 Å². The number of Topliss-reactive ketones (excluding diaryl/α,β-unsaturated/α-hetero) is 2. The molecule has 0 amide bonds. The molecule has 0 bridgehead atoms. The van der Waals surface area contributed by atoms with Crippen molar-refractivity contribution < 1.29 is 29.7 Å². The topological polar surface area (TPSA) is 174 Å². The predicted octanol–water partition coefficient (Wildman–Crippen LogP) is 8.74. The smallest absolute Gasteiger partial charge is 0.282 e. The molecule has 67 heavy (non-hydrogen) atoms. The molecule has 4 aromatic heterocycles. The number of carbonyl (C=O) groups excluding carboxylic acids is 2. The first-order chi connectivity index (χ1) is 32.4. The molecule has 1 fully saturated rings. The summed E-state index contributed by atoms with van der Waals surface area (Å²) in [5.41, 5.74) is 7.07. The molecule has 15 heteroatoms. The zero-order chi connectivity index (χ0) is 49.6. The first-order valence-electron chi connectivity index (χ1n) is 24.1. The molecule has 15 nitrogen and oxygen atoms in total. The maximum absolute atomic E-state index is 12.4. The zero-order valence-corrected chi connectivity index (χ0v) is 41.3. The van der Waals surface area contributed by atoms with E-state index in [0.29, 0.717) is 41.7 Å². The standard InChI is InChI=1S/2C17H21N3O2.C17H19N3O2.CH4/c1-9-13-6-5-12-15(19-10(2)20-16(12)21-4)17(13,3)7-11-8-18-22-14(9)11;2*1-9-12-7-6-11-15(19-10(2)20-16(11)22-5)17(12,3)8-13(18-4)14(9)21;/h8-9,13H,5-7H2,1-4H3;9,12-13H,6-8H2,1-3,5H3;8-9,12H,6-7H2,1-3,5H3;1H4/t9-,13-,17-;9-,12-,13?,17-;9-,12-,17-;/m000./s1/i;;;1T. The molecule has 4 heterocycles. The minimum absolute atomic E-state index is 0.00741. The van der Waals surface area contributed by atoms with E-state index in [-0.39, 0.29) is 51.8 Å². The van der Waals surface area contributed by atoms with Crippen molar-refractivity contribution in [2.45, 2.75) is 149 Å². The molecule has 4 aromatic rings. The summed E-state index contributed by atoms with van der Waals surface area (Å²) in [4.78, 5) is 59.1. The van der Waals surface area contributed by atoms with Crippen LogP contribution in [0.2, 0.25) is 0 Å². The van der Waals surface area contributed by atoms with Crippen LogP contribution in [0.4, 0.5) is 0 Å². The van der Waals surface area contributed by atoms with Gasteiger partial charge in [0, 0.05) is 64.0 Å². The Labute approximate surface area is 396 Å². The Kier molecular flexibility index (Phi) is 12.9. The molecule has 1 saturated carbocycles. The molecule has 0 aliphatic heterocycles. The zero-order valence-electron chi connectivity index (χ0n) is 42.3. The second-order valence-corrected chi connectivity index (χ2v) is 19.9. The third-order valence-electron chi connectivity index (χ3n) is 16.2. The lowest BCUT2D eigenvalue weighted by Crippen LogP contribution is -2.52. The second kappa shape index (κ2) is 18.2. The number of ether oxygens (including phenoxy) is 3. The number of rotatable bonds is 3. The average Bonchev–Trinajstić information content (AvgIpc) is 3.80. The van der Waals surface area contributed by atoms with E-state index in [0.717, 1.165) is 90.6 Å². The summed E-state index contributed by atoms with van der Waals surface area (Å²) < 4.78 is 27.6. The van der Waals surface area contributed by atoms with E-state index in [1.807, 2.05) is 46.9 Å². The van der Waals surface area contributed by atoms with E-state index in [2.05, 4.69) is 62.5 Å². The molecule has 1 unspecified atom stereocenters. The molecule has 6 aliphatic rings. The van der Waals surface area contributed by atoms with Crippen molar-refractivity contribution in [3.8, 4) is 17.6 Å². The largest absolute Gasteiger partial charge is 0.481 e. The molecule has 0 spiro atoms. The number of hydrogen-bond acceptors (Lipinski definition) is 13.